The first-order chi connectivity index (χ1) is 8.90. The lowest BCUT2D eigenvalue weighted by Crippen LogP contribution is -2.00. The van der Waals surface area contributed by atoms with Crippen LogP contribution in [0.2, 0.25) is 0 Å². The van der Waals surface area contributed by atoms with Crippen molar-refractivity contribution in [2.45, 2.75) is 12.3 Å². The van der Waals surface area contributed by atoms with Gasteiger partial charge in [0.15, 0.2) is 11.6 Å². The SMILES string of the molecule is Cc1cc(C(Cl)c2cc(F)c(F)cc2F)ccc1Br. The van der Waals surface area contributed by atoms with Crippen molar-refractivity contribution in [3.8, 4) is 0 Å². The molecule has 0 aliphatic heterocycles. The number of hydrogen-bond donors (Lipinski definition) is 0. The van der Waals surface area contributed by atoms with E-state index in [0.29, 0.717) is 11.6 Å². The molecule has 0 fully saturated rings. The van der Waals surface area contributed by atoms with Gasteiger partial charge < -0.3 is 0 Å². The zero-order valence-corrected chi connectivity index (χ0v) is 12.2. The van der Waals surface area contributed by atoms with E-state index in [1.807, 2.05) is 6.92 Å². The van der Waals surface area contributed by atoms with Crippen LogP contribution in [0.4, 0.5) is 13.2 Å². The van der Waals surface area contributed by atoms with Crippen LogP contribution in [-0.2, 0) is 0 Å². The van der Waals surface area contributed by atoms with Crippen molar-refractivity contribution in [3.63, 3.8) is 0 Å². The van der Waals surface area contributed by atoms with Gasteiger partial charge in [-0.25, -0.2) is 13.2 Å². The van der Waals surface area contributed by atoms with Crippen molar-refractivity contribution in [1.82, 2.24) is 0 Å². The van der Waals surface area contributed by atoms with Gasteiger partial charge in [-0.1, -0.05) is 28.1 Å². The molecule has 0 saturated heterocycles. The van der Waals surface area contributed by atoms with Crippen LogP contribution >= 0.6 is 27.5 Å². The van der Waals surface area contributed by atoms with E-state index in [4.69, 9.17) is 11.6 Å². The number of halogens is 5. The third-order valence-corrected chi connectivity index (χ3v) is 4.16. The van der Waals surface area contributed by atoms with Gasteiger partial charge in [-0.05, 0) is 30.2 Å². The molecule has 0 aromatic heterocycles. The van der Waals surface area contributed by atoms with Crippen LogP contribution in [0.15, 0.2) is 34.8 Å². The topological polar surface area (TPSA) is 0 Å². The highest BCUT2D eigenvalue weighted by molar-refractivity contribution is 9.10. The van der Waals surface area contributed by atoms with Gasteiger partial charge >= 0.3 is 0 Å². The summed E-state index contributed by atoms with van der Waals surface area (Å²) in [6.07, 6.45) is 0. The molecule has 19 heavy (non-hydrogen) atoms. The zero-order valence-electron chi connectivity index (χ0n) is 9.85. The fourth-order valence-electron chi connectivity index (χ4n) is 1.74. The van der Waals surface area contributed by atoms with Gasteiger partial charge in [0, 0.05) is 16.1 Å². The van der Waals surface area contributed by atoms with E-state index in [2.05, 4.69) is 15.9 Å². The number of rotatable bonds is 2. The maximum Gasteiger partial charge on any atom is 0.161 e. The molecule has 0 saturated carbocycles. The quantitative estimate of drug-likeness (QED) is 0.496. The molecule has 5 heteroatoms. The minimum Gasteiger partial charge on any atom is -0.207 e. The molecule has 0 aliphatic rings. The summed E-state index contributed by atoms with van der Waals surface area (Å²) in [5.74, 6) is -3.20. The Morgan fingerprint density at radius 2 is 1.63 bits per heavy atom. The summed E-state index contributed by atoms with van der Waals surface area (Å²) in [4.78, 5) is 0. The molecule has 1 unspecified atom stereocenters. The minimum atomic E-state index is -1.22. The molecule has 2 rings (SSSR count). The van der Waals surface area contributed by atoms with E-state index in [-0.39, 0.29) is 5.56 Å². The normalized spacial score (nSPS) is 12.5. The fraction of sp³-hybridized carbons (Fsp3) is 0.143. The molecule has 0 heterocycles. The maximum atomic E-state index is 13.6. The summed E-state index contributed by atoms with van der Waals surface area (Å²) < 4.78 is 40.6. The molecule has 2 aromatic carbocycles. The van der Waals surface area contributed by atoms with Crippen molar-refractivity contribution < 1.29 is 13.2 Å². The summed E-state index contributed by atoms with van der Waals surface area (Å²) in [5, 5.41) is -0.873. The average Bonchev–Trinajstić information content (AvgIpc) is 2.36. The van der Waals surface area contributed by atoms with Crippen molar-refractivity contribution in [1.29, 1.82) is 0 Å². The molecule has 100 valence electrons. The Morgan fingerprint density at radius 1 is 1.00 bits per heavy atom. The number of aryl methyl sites for hydroxylation is 1. The Morgan fingerprint density at radius 3 is 2.26 bits per heavy atom. The molecular formula is C14H9BrClF3. The van der Waals surface area contributed by atoms with Crippen LogP contribution in [0.5, 0.6) is 0 Å². The minimum absolute atomic E-state index is 0.0812. The molecule has 0 N–H and O–H groups in total. The second-order valence-electron chi connectivity index (χ2n) is 4.16. The van der Waals surface area contributed by atoms with E-state index < -0.39 is 22.8 Å². The highest BCUT2D eigenvalue weighted by atomic mass is 79.9. The summed E-state index contributed by atoms with van der Waals surface area (Å²) in [6, 6.07) is 6.54. The summed E-state index contributed by atoms with van der Waals surface area (Å²) in [7, 11) is 0. The van der Waals surface area contributed by atoms with Gasteiger partial charge in [0.25, 0.3) is 0 Å². The molecule has 0 spiro atoms. The number of benzene rings is 2. The van der Waals surface area contributed by atoms with Gasteiger partial charge in [-0.3, -0.25) is 0 Å². The van der Waals surface area contributed by atoms with Gasteiger partial charge in [-0.15, -0.1) is 11.6 Å². The van der Waals surface area contributed by atoms with E-state index >= 15 is 0 Å². The average molecular weight is 350 g/mol. The highest BCUT2D eigenvalue weighted by Gasteiger charge is 2.19. The Kier molecular flexibility index (Phi) is 4.21. The van der Waals surface area contributed by atoms with Gasteiger partial charge in [0.2, 0.25) is 0 Å². The van der Waals surface area contributed by atoms with Crippen molar-refractivity contribution in [2.24, 2.45) is 0 Å². The van der Waals surface area contributed by atoms with Crippen molar-refractivity contribution >= 4 is 27.5 Å². The summed E-state index contributed by atoms with van der Waals surface area (Å²) in [5.41, 5.74) is 1.46. The molecule has 0 amide bonds. The van der Waals surface area contributed by atoms with Gasteiger partial charge in [0.1, 0.15) is 5.82 Å². The predicted molar refractivity (Wildman–Crippen MR) is 72.9 cm³/mol. The standard InChI is InChI=1S/C14H9BrClF3/c1-7-4-8(2-3-10(7)15)14(16)9-5-12(18)13(19)6-11(9)17/h2-6,14H,1H3. The first kappa shape index (κ1) is 14.4. The van der Waals surface area contributed by atoms with Gasteiger partial charge in [-0.2, -0.15) is 0 Å². The maximum absolute atomic E-state index is 13.6. The zero-order chi connectivity index (χ0) is 14.2. The first-order valence-electron chi connectivity index (χ1n) is 5.44. The lowest BCUT2D eigenvalue weighted by Gasteiger charge is -2.13. The Hall–Kier alpha value is -1.00. The third-order valence-electron chi connectivity index (χ3n) is 2.79. The van der Waals surface area contributed by atoms with Crippen molar-refractivity contribution in [2.75, 3.05) is 0 Å². The molecule has 0 nitrogen and oxygen atoms in total. The number of alkyl halides is 1. The second-order valence-corrected chi connectivity index (χ2v) is 5.45. The first-order valence-corrected chi connectivity index (χ1v) is 6.67. The fourth-order valence-corrected chi connectivity index (χ4v) is 2.29. The lowest BCUT2D eigenvalue weighted by molar-refractivity contribution is 0.490. The van der Waals surface area contributed by atoms with Crippen LogP contribution in [0, 0.1) is 24.4 Å². The molecule has 0 aliphatic carbocycles. The van der Waals surface area contributed by atoms with Crippen LogP contribution in [-0.4, -0.2) is 0 Å². The third kappa shape index (κ3) is 2.95. The largest absolute Gasteiger partial charge is 0.207 e. The van der Waals surface area contributed by atoms with E-state index in [1.54, 1.807) is 18.2 Å². The van der Waals surface area contributed by atoms with Gasteiger partial charge in [0.05, 0.1) is 5.38 Å². The van der Waals surface area contributed by atoms with E-state index in [1.165, 1.54) is 0 Å². The number of hydrogen-bond acceptors (Lipinski definition) is 0. The van der Waals surface area contributed by atoms with Crippen molar-refractivity contribution in [3.05, 3.63) is 68.9 Å². The molecule has 0 radical (unpaired) electrons. The highest BCUT2D eigenvalue weighted by Crippen LogP contribution is 2.33. The molecule has 1 atom stereocenters. The summed E-state index contributed by atoms with van der Waals surface area (Å²) >= 11 is 9.48. The second kappa shape index (κ2) is 5.55. The summed E-state index contributed by atoms with van der Waals surface area (Å²) in [6.45, 7) is 1.86. The monoisotopic (exact) mass is 348 g/mol. The van der Waals surface area contributed by atoms with Crippen LogP contribution in [0.25, 0.3) is 0 Å². The Labute approximate surface area is 122 Å². The molecule has 0 bridgehead atoms. The molecule has 2 aromatic rings. The Bertz CT molecular complexity index is 628. The van der Waals surface area contributed by atoms with Crippen LogP contribution < -0.4 is 0 Å². The van der Waals surface area contributed by atoms with Crippen LogP contribution in [0.3, 0.4) is 0 Å². The lowest BCUT2D eigenvalue weighted by atomic mass is 10.0. The smallest absolute Gasteiger partial charge is 0.161 e. The predicted octanol–water partition coefficient (Wildman–Crippen LogP) is 5.50. The van der Waals surface area contributed by atoms with Crippen LogP contribution in [0.1, 0.15) is 22.1 Å². The van der Waals surface area contributed by atoms with E-state index in [9.17, 15) is 13.2 Å². The molecular weight excluding hydrogens is 341 g/mol. The van der Waals surface area contributed by atoms with E-state index in [0.717, 1.165) is 16.1 Å². The Balaban J connectivity index is 2.46.